The zero-order chi connectivity index (χ0) is 21.8. The molecule has 1 aliphatic heterocycles. The van der Waals surface area contributed by atoms with Crippen molar-refractivity contribution in [3.05, 3.63) is 94.9 Å². The molecule has 1 saturated heterocycles. The molecule has 0 spiro atoms. The molecule has 0 aliphatic carbocycles. The maximum Gasteiger partial charge on any atom is 0.267 e. The second-order valence-corrected chi connectivity index (χ2v) is 8.04. The van der Waals surface area contributed by atoms with Crippen LogP contribution in [-0.2, 0) is 4.79 Å². The van der Waals surface area contributed by atoms with Gasteiger partial charge in [-0.05, 0) is 60.2 Å². The van der Waals surface area contributed by atoms with E-state index in [2.05, 4.69) is 0 Å². The molecule has 3 aromatic rings. The predicted molar refractivity (Wildman–Crippen MR) is 125 cm³/mol. The van der Waals surface area contributed by atoms with Gasteiger partial charge in [0, 0.05) is 0 Å². The number of nitrogens with zero attached hydrogens (tertiary/aromatic N) is 2. The minimum atomic E-state index is -0.177. The Morgan fingerprint density at radius 2 is 1.71 bits per heavy atom. The molecule has 0 saturated carbocycles. The largest absolute Gasteiger partial charge is 0.504 e. The SMILES string of the molecule is COc1cc(/C=C2/SC(=Nc3ccccc3)N([C@H](C)c3ccccc3)C2=O)ccc1O. The summed E-state index contributed by atoms with van der Waals surface area (Å²) in [7, 11) is 1.50. The molecule has 1 N–H and O–H groups in total. The first-order valence-corrected chi connectivity index (χ1v) is 10.7. The highest BCUT2D eigenvalue weighted by Crippen LogP contribution is 2.39. The number of methoxy groups -OCH3 is 1. The van der Waals surface area contributed by atoms with Crippen molar-refractivity contribution in [2.24, 2.45) is 4.99 Å². The second-order valence-electron chi connectivity index (χ2n) is 7.03. The first-order valence-electron chi connectivity index (χ1n) is 9.85. The Labute approximate surface area is 185 Å². The molecule has 1 fully saturated rings. The molecular formula is C25H22N2O3S. The second kappa shape index (κ2) is 9.10. The van der Waals surface area contributed by atoms with E-state index in [0.717, 1.165) is 16.8 Å². The van der Waals surface area contributed by atoms with Crippen molar-refractivity contribution < 1.29 is 14.6 Å². The first-order chi connectivity index (χ1) is 15.1. The monoisotopic (exact) mass is 430 g/mol. The fraction of sp³-hybridized carbons (Fsp3) is 0.120. The van der Waals surface area contributed by atoms with E-state index in [-0.39, 0.29) is 17.7 Å². The van der Waals surface area contributed by atoms with Gasteiger partial charge in [-0.1, -0.05) is 54.6 Å². The maximum atomic E-state index is 13.4. The molecule has 31 heavy (non-hydrogen) atoms. The number of phenols is 1. The molecule has 5 nitrogen and oxygen atoms in total. The van der Waals surface area contributed by atoms with E-state index in [4.69, 9.17) is 9.73 Å². The quantitative estimate of drug-likeness (QED) is 0.522. The lowest BCUT2D eigenvalue weighted by molar-refractivity contribution is -0.123. The lowest BCUT2D eigenvalue weighted by atomic mass is 10.1. The molecule has 156 valence electrons. The summed E-state index contributed by atoms with van der Waals surface area (Å²) in [5.74, 6) is 0.307. The molecule has 0 unspecified atom stereocenters. The number of phenolic OH excluding ortho intramolecular Hbond substituents is 1. The van der Waals surface area contributed by atoms with Crippen LogP contribution in [0, 0.1) is 0 Å². The highest BCUT2D eigenvalue weighted by atomic mass is 32.2. The summed E-state index contributed by atoms with van der Waals surface area (Å²) < 4.78 is 5.19. The van der Waals surface area contributed by atoms with Crippen LogP contribution in [-0.4, -0.2) is 28.2 Å². The smallest absolute Gasteiger partial charge is 0.267 e. The third kappa shape index (κ3) is 4.49. The number of rotatable bonds is 5. The van der Waals surface area contributed by atoms with E-state index >= 15 is 0 Å². The summed E-state index contributed by atoms with van der Waals surface area (Å²) in [6, 6.07) is 24.3. The van der Waals surface area contributed by atoms with E-state index in [9.17, 15) is 9.90 Å². The van der Waals surface area contributed by atoms with E-state index in [1.54, 1.807) is 29.2 Å². The van der Waals surface area contributed by atoms with Crippen molar-refractivity contribution in [3.63, 3.8) is 0 Å². The van der Waals surface area contributed by atoms with E-state index in [1.165, 1.54) is 18.9 Å². The molecule has 0 radical (unpaired) electrons. The van der Waals surface area contributed by atoms with Crippen molar-refractivity contribution in [3.8, 4) is 11.5 Å². The number of hydrogen-bond acceptors (Lipinski definition) is 5. The van der Waals surface area contributed by atoms with Crippen LogP contribution in [0.5, 0.6) is 11.5 Å². The third-order valence-electron chi connectivity index (χ3n) is 4.99. The Bertz CT molecular complexity index is 1140. The Morgan fingerprint density at radius 3 is 2.39 bits per heavy atom. The Hall–Kier alpha value is -3.51. The zero-order valence-electron chi connectivity index (χ0n) is 17.2. The van der Waals surface area contributed by atoms with Crippen LogP contribution in [0.3, 0.4) is 0 Å². The number of ether oxygens (including phenoxy) is 1. The van der Waals surface area contributed by atoms with Gasteiger partial charge in [-0.2, -0.15) is 0 Å². The summed E-state index contributed by atoms with van der Waals surface area (Å²) in [4.78, 5) is 20.5. The standard InChI is InChI=1S/C25H22N2O3S/c1-17(19-9-5-3-6-10-19)27-24(29)23(16-18-13-14-21(28)22(15-18)30-2)31-25(27)26-20-11-7-4-8-12-20/h3-17,28H,1-2H3/b23-16+,26-25?/t17-/m1/s1. The molecule has 0 bridgehead atoms. The minimum Gasteiger partial charge on any atom is -0.504 e. The lowest BCUT2D eigenvalue weighted by Gasteiger charge is -2.24. The molecule has 6 heteroatoms. The molecule has 1 heterocycles. The maximum absolute atomic E-state index is 13.4. The molecule has 1 amide bonds. The molecule has 1 aliphatic rings. The highest BCUT2D eigenvalue weighted by molar-refractivity contribution is 8.18. The van der Waals surface area contributed by atoms with Crippen molar-refractivity contribution >= 4 is 34.6 Å². The van der Waals surface area contributed by atoms with E-state index in [0.29, 0.717) is 15.8 Å². The van der Waals surface area contributed by atoms with Crippen LogP contribution < -0.4 is 4.74 Å². The zero-order valence-corrected chi connectivity index (χ0v) is 18.0. The summed E-state index contributed by atoms with van der Waals surface area (Å²) in [5, 5.41) is 10.5. The Kier molecular flexibility index (Phi) is 6.09. The number of para-hydroxylation sites is 1. The van der Waals surface area contributed by atoms with Crippen molar-refractivity contribution in [1.82, 2.24) is 4.90 Å². The number of carbonyl (C=O) groups excluding carboxylic acids is 1. The average molecular weight is 431 g/mol. The van der Waals surface area contributed by atoms with Crippen LogP contribution in [0.4, 0.5) is 5.69 Å². The highest BCUT2D eigenvalue weighted by Gasteiger charge is 2.37. The van der Waals surface area contributed by atoms with Crippen LogP contribution in [0.2, 0.25) is 0 Å². The number of aromatic hydroxyl groups is 1. The number of thioether (sulfide) groups is 1. The van der Waals surface area contributed by atoms with Crippen molar-refractivity contribution in [2.45, 2.75) is 13.0 Å². The van der Waals surface area contributed by atoms with E-state index < -0.39 is 0 Å². The van der Waals surface area contributed by atoms with Crippen molar-refractivity contribution in [1.29, 1.82) is 0 Å². The van der Waals surface area contributed by atoms with Gasteiger partial charge in [0.15, 0.2) is 16.7 Å². The van der Waals surface area contributed by atoms with Crippen LogP contribution in [0.15, 0.2) is 88.8 Å². The Balaban J connectivity index is 1.74. The van der Waals surface area contributed by atoms with Crippen LogP contribution in [0.25, 0.3) is 6.08 Å². The van der Waals surface area contributed by atoms with Gasteiger partial charge in [0.25, 0.3) is 5.91 Å². The van der Waals surface area contributed by atoms with Gasteiger partial charge in [-0.15, -0.1) is 0 Å². The number of amides is 1. The van der Waals surface area contributed by atoms with Gasteiger partial charge in [-0.25, -0.2) is 4.99 Å². The molecular weight excluding hydrogens is 408 g/mol. The lowest BCUT2D eigenvalue weighted by Crippen LogP contribution is -2.32. The molecule has 3 aromatic carbocycles. The first kappa shape index (κ1) is 20.8. The van der Waals surface area contributed by atoms with Gasteiger partial charge in [0.2, 0.25) is 0 Å². The number of benzene rings is 3. The number of carbonyl (C=O) groups is 1. The summed E-state index contributed by atoms with van der Waals surface area (Å²) in [5.41, 5.74) is 2.58. The molecule has 0 aromatic heterocycles. The normalized spacial score (nSPS) is 17.4. The summed E-state index contributed by atoms with van der Waals surface area (Å²) in [6.45, 7) is 2.00. The Morgan fingerprint density at radius 1 is 1.03 bits per heavy atom. The molecule has 1 atom stereocenters. The average Bonchev–Trinajstić information content (AvgIpc) is 3.10. The topological polar surface area (TPSA) is 62.1 Å². The van der Waals surface area contributed by atoms with Crippen LogP contribution >= 0.6 is 11.8 Å². The number of hydrogen-bond donors (Lipinski definition) is 1. The van der Waals surface area contributed by atoms with Crippen molar-refractivity contribution in [2.75, 3.05) is 7.11 Å². The predicted octanol–water partition coefficient (Wildman–Crippen LogP) is 5.77. The van der Waals surface area contributed by atoms with Gasteiger partial charge in [0.05, 0.1) is 23.7 Å². The van der Waals surface area contributed by atoms with E-state index in [1.807, 2.05) is 67.6 Å². The number of amidine groups is 1. The van der Waals surface area contributed by atoms with Gasteiger partial charge in [0.1, 0.15) is 0 Å². The van der Waals surface area contributed by atoms with Gasteiger partial charge >= 0.3 is 0 Å². The fourth-order valence-electron chi connectivity index (χ4n) is 3.34. The summed E-state index contributed by atoms with van der Waals surface area (Å²) >= 11 is 1.34. The number of aliphatic imine (C=N–C) groups is 1. The van der Waals surface area contributed by atoms with Gasteiger partial charge in [-0.3, -0.25) is 9.69 Å². The third-order valence-corrected chi connectivity index (χ3v) is 5.97. The van der Waals surface area contributed by atoms with Crippen LogP contribution in [0.1, 0.15) is 24.1 Å². The fourth-order valence-corrected chi connectivity index (χ4v) is 4.40. The summed E-state index contributed by atoms with van der Waals surface area (Å²) in [6.07, 6.45) is 1.80. The minimum absolute atomic E-state index is 0.0562. The molecule has 4 rings (SSSR count). The van der Waals surface area contributed by atoms with Gasteiger partial charge < -0.3 is 9.84 Å².